The molecular formula is C16H26N2O3. The smallest absolute Gasteiger partial charge is 0.225 e. The first-order valence-corrected chi connectivity index (χ1v) is 7.41. The van der Waals surface area contributed by atoms with Gasteiger partial charge in [0.2, 0.25) is 5.91 Å². The molecule has 0 saturated heterocycles. The van der Waals surface area contributed by atoms with Gasteiger partial charge in [-0.2, -0.15) is 0 Å². The highest BCUT2D eigenvalue weighted by atomic mass is 16.5. The van der Waals surface area contributed by atoms with Gasteiger partial charge in [-0.15, -0.1) is 0 Å². The SMILES string of the molecule is CCOc1ccccc1NC(=O)CCN(C)CCC(C)O. The van der Waals surface area contributed by atoms with Crippen LogP contribution in [0.25, 0.3) is 0 Å². The molecule has 21 heavy (non-hydrogen) atoms. The van der Waals surface area contributed by atoms with Crippen LogP contribution in [-0.2, 0) is 4.79 Å². The molecule has 1 aromatic carbocycles. The molecule has 0 radical (unpaired) electrons. The van der Waals surface area contributed by atoms with E-state index in [0.29, 0.717) is 37.4 Å². The molecule has 5 heteroatoms. The van der Waals surface area contributed by atoms with Gasteiger partial charge < -0.3 is 20.1 Å². The highest BCUT2D eigenvalue weighted by Gasteiger charge is 2.09. The van der Waals surface area contributed by atoms with Crippen LogP contribution in [0.2, 0.25) is 0 Å². The number of para-hydroxylation sites is 2. The van der Waals surface area contributed by atoms with Crippen molar-refractivity contribution in [2.24, 2.45) is 0 Å². The lowest BCUT2D eigenvalue weighted by molar-refractivity contribution is -0.116. The third kappa shape index (κ3) is 7.11. The Morgan fingerprint density at radius 1 is 1.38 bits per heavy atom. The summed E-state index contributed by atoms with van der Waals surface area (Å²) in [6.45, 7) is 5.69. The van der Waals surface area contributed by atoms with Gasteiger partial charge >= 0.3 is 0 Å². The van der Waals surface area contributed by atoms with Crippen LogP contribution in [0.15, 0.2) is 24.3 Å². The van der Waals surface area contributed by atoms with Gasteiger partial charge in [-0.25, -0.2) is 0 Å². The molecule has 0 aliphatic rings. The van der Waals surface area contributed by atoms with Gasteiger partial charge in [0.05, 0.1) is 18.4 Å². The van der Waals surface area contributed by atoms with Crippen LogP contribution in [0, 0.1) is 0 Å². The van der Waals surface area contributed by atoms with Gasteiger partial charge in [0.15, 0.2) is 0 Å². The molecule has 0 aliphatic carbocycles. The van der Waals surface area contributed by atoms with Crippen molar-refractivity contribution in [2.75, 3.05) is 32.1 Å². The first-order chi connectivity index (χ1) is 10.0. The number of anilines is 1. The van der Waals surface area contributed by atoms with Crippen molar-refractivity contribution in [2.45, 2.75) is 32.8 Å². The number of hydrogen-bond acceptors (Lipinski definition) is 4. The largest absolute Gasteiger partial charge is 0.492 e. The molecule has 1 aromatic rings. The van der Waals surface area contributed by atoms with Crippen LogP contribution in [0.3, 0.4) is 0 Å². The second-order valence-corrected chi connectivity index (χ2v) is 5.17. The van der Waals surface area contributed by atoms with E-state index in [9.17, 15) is 9.90 Å². The van der Waals surface area contributed by atoms with E-state index in [2.05, 4.69) is 5.32 Å². The zero-order valence-electron chi connectivity index (χ0n) is 13.1. The third-order valence-corrected chi connectivity index (χ3v) is 3.11. The first kappa shape index (κ1) is 17.5. The second kappa shape index (κ2) is 9.37. The first-order valence-electron chi connectivity index (χ1n) is 7.41. The number of rotatable bonds is 9. The minimum Gasteiger partial charge on any atom is -0.492 e. The molecule has 0 saturated carbocycles. The van der Waals surface area contributed by atoms with Crippen LogP contribution in [0.5, 0.6) is 5.75 Å². The van der Waals surface area contributed by atoms with Crippen LogP contribution >= 0.6 is 0 Å². The van der Waals surface area contributed by atoms with Gasteiger partial charge in [0.25, 0.3) is 0 Å². The predicted molar refractivity (Wildman–Crippen MR) is 84.7 cm³/mol. The number of carbonyl (C=O) groups excluding carboxylic acids is 1. The maximum absolute atomic E-state index is 12.0. The van der Waals surface area contributed by atoms with Crippen LogP contribution in [-0.4, -0.2) is 48.8 Å². The Morgan fingerprint density at radius 2 is 2.10 bits per heavy atom. The maximum atomic E-state index is 12.0. The number of benzene rings is 1. The molecule has 0 heterocycles. The molecule has 0 bridgehead atoms. The lowest BCUT2D eigenvalue weighted by atomic mass is 10.2. The molecule has 118 valence electrons. The fourth-order valence-corrected chi connectivity index (χ4v) is 1.88. The topological polar surface area (TPSA) is 61.8 Å². The Morgan fingerprint density at radius 3 is 2.76 bits per heavy atom. The minimum absolute atomic E-state index is 0.0361. The summed E-state index contributed by atoms with van der Waals surface area (Å²) in [4.78, 5) is 14.0. The molecule has 0 spiro atoms. The number of ether oxygens (including phenoxy) is 1. The summed E-state index contributed by atoms with van der Waals surface area (Å²) in [7, 11) is 1.95. The summed E-state index contributed by atoms with van der Waals surface area (Å²) in [5, 5.41) is 12.1. The number of hydrogen-bond donors (Lipinski definition) is 2. The predicted octanol–water partition coefficient (Wildman–Crippen LogP) is 2.12. The van der Waals surface area contributed by atoms with Crippen LogP contribution < -0.4 is 10.1 Å². The van der Waals surface area contributed by atoms with Crippen molar-refractivity contribution in [3.63, 3.8) is 0 Å². The Kier molecular flexibility index (Phi) is 7.79. The van der Waals surface area contributed by atoms with Crippen molar-refractivity contribution in [3.05, 3.63) is 24.3 Å². The van der Waals surface area contributed by atoms with Crippen LogP contribution in [0.1, 0.15) is 26.7 Å². The standard InChI is InChI=1S/C16H26N2O3/c1-4-21-15-8-6-5-7-14(15)17-16(20)10-12-18(3)11-9-13(2)19/h5-8,13,19H,4,9-12H2,1-3H3,(H,17,20). The summed E-state index contributed by atoms with van der Waals surface area (Å²) in [5.74, 6) is 0.654. The lowest BCUT2D eigenvalue weighted by Gasteiger charge is -2.17. The fourth-order valence-electron chi connectivity index (χ4n) is 1.88. The van der Waals surface area contributed by atoms with E-state index in [0.717, 1.165) is 6.54 Å². The molecule has 0 aliphatic heterocycles. The maximum Gasteiger partial charge on any atom is 0.225 e. The number of amides is 1. The highest BCUT2D eigenvalue weighted by molar-refractivity contribution is 5.92. The molecule has 0 aromatic heterocycles. The quantitative estimate of drug-likeness (QED) is 0.732. The third-order valence-electron chi connectivity index (χ3n) is 3.11. The van der Waals surface area contributed by atoms with Crippen molar-refractivity contribution >= 4 is 11.6 Å². The summed E-state index contributed by atoms with van der Waals surface area (Å²) in [6.07, 6.45) is 0.821. The molecule has 0 fully saturated rings. The van der Waals surface area contributed by atoms with Crippen molar-refractivity contribution < 1.29 is 14.6 Å². The van der Waals surface area contributed by atoms with Crippen molar-refractivity contribution in [1.82, 2.24) is 4.90 Å². The summed E-state index contributed by atoms with van der Waals surface area (Å²) >= 11 is 0. The van der Waals surface area contributed by atoms with E-state index >= 15 is 0 Å². The van der Waals surface area contributed by atoms with Gasteiger partial charge in [-0.05, 0) is 39.4 Å². The van der Waals surface area contributed by atoms with Crippen LogP contribution in [0.4, 0.5) is 5.69 Å². The van der Waals surface area contributed by atoms with Gasteiger partial charge in [0, 0.05) is 19.5 Å². The molecule has 5 nitrogen and oxygen atoms in total. The zero-order chi connectivity index (χ0) is 15.7. The number of aliphatic hydroxyl groups excluding tert-OH is 1. The van der Waals surface area contributed by atoms with E-state index in [-0.39, 0.29) is 12.0 Å². The van der Waals surface area contributed by atoms with Gasteiger partial charge in [0.1, 0.15) is 5.75 Å². The van der Waals surface area contributed by atoms with Crippen molar-refractivity contribution in [1.29, 1.82) is 0 Å². The van der Waals surface area contributed by atoms with E-state index in [4.69, 9.17) is 4.74 Å². The monoisotopic (exact) mass is 294 g/mol. The molecule has 1 amide bonds. The Hall–Kier alpha value is -1.59. The van der Waals surface area contributed by atoms with Crippen molar-refractivity contribution in [3.8, 4) is 5.75 Å². The molecule has 2 N–H and O–H groups in total. The molecule has 1 atom stereocenters. The Balaban J connectivity index is 2.40. The normalized spacial score (nSPS) is 12.2. The van der Waals surface area contributed by atoms with E-state index < -0.39 is 0 Å². The summed E-state index contributed by atoms with van der Waals surface area (Å²) in [6, 6.07) is 7.42. The minimum atomic E-state index is -0.306. The van der Waals surface area contributed by atoms with Gasteiger partial charge in [-0.3, -0.25) is 4.79 Å². The van der Waals surface area contributed by atoms with E-state index in [1.165, 1.54) is 0 Å². The number of nitrogens with zero attached hydrogens (tertiary/aromatic N) is 1. The summed E-state index contributed by atoms with van der Waals surface area (Å²) < 4.78 is 5.48. The molecule has 1 unspecified atom stereocenters. The lowest BCUT2D eigenvalue weighted by Crippen LogP contribution is -2.27. The van der Waals surface area contributed by atoms with E-state index in [1.807, 2.05) is 43.1 Å². The fraction of sp³-hybridized carbons (Fsp3) is 0.562. The Bertz CT molecular complexity index is 435. The highest BCUT2D eigenvalue weighted by Crippen LogP contribution is 2.23. The second-order valence-electron chi connectivity index (χ2n) is 5.17. The summed E-state index contributed by atoms with van der Waals surface area (Å²) in [5.41, 5.74) is 0.705. The average molecular weight is 294 g/mol. The Labute approximate surface area is 126 Å². The van der Waals surface area contributed by atoms with Gasteiger partial charge in [-0.1, -0.05) is 12.1 Å². The average Bonchev–Trinajstić information content (AvgIpc) is 2.45. The zero-order valence-corrected chi connectivity index (χ0v) is 13.1. The molecule has 1 rings (SSSR count). The van der Waals surface area contributed by atoms with E-state index in [1.54, 1.807) is 6.92 Å². The number of aliphatic hydroxyl groups is 1. The number of carbonyl (C=O) groups is 1. The molecular weight excluding hydrogens is 268 g/mol. The number of nitrogens with one attached hydrogen (secondary N) is 1.